The molecule has 1 unspecified atom stereocenters. The lowest BCUT2D eigenvalue weighted by Gasteiger charge is -2.26. The Morgan fingerprint density at radius 3 is 2.53 bits per heavy atom. The second kappa shape index (κ2) is 8.26. The Morgan fingerprint density at radius 1 is 1.24 bits per heavy atom. The highest BCUT2D eigenvalue weighted by Crippen LogP contribution is 2.08. The lowest BCUT2D eigenvalue weighted by atomic mass is 10.1. The van der Waals surface area contributed by atoms with Crippen LogP contribution in [0.5, 0.6) is 0 Å². The number of aryl methyl sites for hydroxylation is 1. The summed E-state index contributed by atoms with van der Waals surface area (Å²) in [5.41, 5.74) is 7.07. The smallest absolute Gasteiger partial charge is 0.0102 e. The highest BCUT2D eigenvalue weighted by atomic mass is 15.1. The van der Waals surface area contributed by atoms with Crippen LogP contribution in [0.25, 0.3) is 0 Å². The lowest BCUT2D eigenvalue weighted by Crippen LogP contribution is -2.34. The van der Waals surface area contributed by atoms with Crippen LogP contribution in [0.1, 0.15) is 31.7 Å². The number of nitrogens with zero attached hydrogens (tertiary/aromatic N) is 1. The number of hydrogen-bond donors (Lipinski definition) is 1. The van der Waals surface area contributed by atoms with E-state index in [4.69, 9.17) is 5.73 Å². The molecule has 17 heavy (non-hydrogen) atoms. The van der Waals surface area contributed by atoms with Crippen LogP contribution < -0.4 is 5.73 Å². The third-order valence-electron chi connectivity index (χ3n) is 3.41. The lowest BCUT2D eigenvalue weighted by molar-refractivity contribution is 0.224. The van der Waals surface area contributed by atoms with Crippen LogP contribution in [-0.4, -0.2) is 31.1 Å². The van der Waals surface area contributed by atoms with E-state index >= 15 is 0 Å². The number of rotatable bonds is 8. The van der Waals surface area contributed by atoms with Crippen molar-refractivity contribution in [3.8, 4) is 0 Å². The summed E-state index contributed by atoms with van der Waals surface area (Å²) in [6.07, 6.45) is 4.70. The van der Waals surface area contributed by atoms with Crippen molar-refractivity contribution in [2.45, 2.75) is 38.6 Å². The largest absolute Gasteiger partial charge is 0.330 e. The zero-order chi connectivity index (χ0) is 12.5. The second-order valence-electron chi connectivity index (χ2n) is 4.71. The van der Waals surface area contributed by atoms with Gasteiger partial charge in [-0.15, -0.1) is 0 Å². The molecule has 0 saturated carbocycles. The molecule has 0 aliphatic heterocycles. The summed E-state index contributed by atoms with van der Waals surface area (Å²) in [5, 5.41) is 0. The van der Waals surface area contributed by atoms with Gasteiger partial charge in [0.15, 0.2) is 0 Å². The summed E-state index contributed by atoms with van der Waals surface area (Å²) in [6, 6.07) is 11.4. The Balaban J connectivity index is 2.25. The predicted molar refractivity (Wildman–Crippen MR) is 75.1 cm³/mol. The summed E-state index contributed by atoms with van der Waals surface area (Å²) in [7, 11) is 2.22. The fourth-order valence-corrected chi connectivity index (χ4v) is 2.29. The maximum absolute atomic E-state index is 5.64. The minimum atomic E-state index is 0.649. The van der Waals surface area contributed by atoms with Crippen LogP contribution in [0.2, 0.25) is 0 Å². The van der Waals surface area contributed by atoms with E-state index in [0.717, 1.165) is 19.5 Å². The van der Waals surface area contributed by atoms with E-state index in [-0.39, 0.29) is 0 Å². The first-order valence-corrected chi connectivity index (χ1v) is 6.72. The third-order valence-corrected chi connectivity index (χ3v) is 3.41. The summed E-state index contributed by atoms with van der Waals surface area (Å²) >= 11 is 0. The van der Waals surface area contributed by atoms with Gasteiger partial charge in [0.2, 0.25) is 0 Å². The van der Waals surface area contributed by atoms with Gasteiger partial charge in [-0.05, 0) is 51.4 Å². The minimum Gasteiger partial charge on any atom is -0.330 e. The summed E-state index contributed by atoms with van der Waals surface area (Å²) in [6.45, 7) is 4.20. The molecule has 0 aliphatic carbocycles. The molecule has 0 spiro atoms. The molecule has 2 nitrogen and oxygen atoms in total. The first-order chi connectivity index (χ1) is 8.27. The second-order valence-corrected chi connectivity index (χ2v) is 4.71. The van der Waals surface area contributed by atoms with Crippen LogP contribution >= 0.6 is 0 Å². The van der Waals surface area contributed by atoms with Gasteiger partial charge in [-0.2, -0.15) is 0 Å². The van der Waals surface area contributed by atoms with E-state index in [2.05, 4.69) is 49.2 Å². The molecule has 1 rings (SSSR count). The number of benzene rings is 1. The van der Waals surface area contributed by atoms with Gasteiger partial charge in [-0.1, -0.05) is 37.3 Å². The highest BCUT2D eigenvalue weighted by molar-refractivity contribution is 5.14. The van der Waals surface area contributed by atoms with Crippen molar-refractivity contribution >= 4 is 0 Å². The highest BCUT2D eigenvalue weighted by Gasteiger charge is 2.10. The molecule has 1 atom stereocenters. The maximum Gasteiger partial charge on any atom is 0.0102 e. The Labute approximate surface area is 106 Å². The monoisotopic (exact) mass is 234 g/mol. The molecule has 0 amide bonds. The number of hydrogen-bond acceptors (Lipinski definition) is 2. The molecule has 1 aromatic rings. The molecule has 0 radical (unpaired) electrons. The SMILES string of the molecule is CCC(CCN)N(C)CCCc1ccccc1. The van der Waals surface area contributed by atoms with Crippen molar-refractivity contribution in [1.82, 2.24) is 4.90 Å². The average molecular weight is 234 g/mol. The normalized spacial score (nSPS) is 12.9. The zero-order valence-electron chi connectivity index (χ0n) is 11.2. The molecular formula is C15H26N2. The van der Waals surface area contributed by atoms with Gasteiger partial charge in [0, 0.05) is 6.04 Å². The summed E-state index contributed by atoms with van der Waals surface area (Å²) in [5.74, 6) is 0. The molecule has 2 heteroatoms. The molecule has 0 fully saturated rings. The molecule has 96 valence electrons. The molecule has 0 saturated heterocycles. The molecule has 2 N–H and O–H groups in total. The van der Waals surface area contributed by atoms with Gasteiger partial charge in [-0.25, -0.2) is 0 Å². The summed E-state index contributed by atoms with van der Waals surface area (Å²) < 4.78 is 0. The van der Waals surface area contributed by atoms with Gasteiger partial charge >= 0.3 is 0 Å². The molecule has 0 bridgehead atoms. The van der Waals surface area contributed by atoms with E-state index in [1.165, 1.54) is 24.8 Å². The Hall–Kier alpha value is -0.860. The minimum absolute atomic E-state index is 0.649. The van der Waals surface area contributed by atoms with Gasteiger partial charge < -0.3 is 10.6 Å². The molecular weight excluding hydrogens is 208 g/mol. The van der Waals surface area contributed by atoms with Crippen molar-refractivity contribution in [1.29, 1.82) is 0 Å². The Morgan fingerprint density at radius 2 is 1.94 bits per heavy atom. The topological polar surface area (TPSA) is 29.3 Å². The van der Waals surface area contributed by atoms with Crippen molar-refractivity contribution in [3.05, 3.63) is 35.9 Å². The Bertz CT molecular complexity index is 284. The van der Waals surface area contributed by atoms with Crippen molar-refractivity contribution in [3.63, 3.8) is 0 Å². The van der Waals surface area contributed by atoms with Crippen LogP contribution in [0, 0.1) is 0 Å². The van der Waals surface area contributed by atoms with Crippen molar-refractivity contribution in [2.24, 2.45) is 5.73 Å². The molecule has 0 aliphatic rings. The molecule has 0 heterocycles. The first-order valence-electron chi connectivity index (χ1n) is 6.72. The van der Waals surface area contributed by atoms with Gasteiger partial charge in [0.1, 0.15) is 0 Å². The van der Waals surface area contributed by atoms with Crippen LogP contribution in [0.15, 0.2) is 30.3 Å². The third kappa shape index (κ3) is 5.33. The number of nitrogens with two attached hydrogens (primary N) is 1. The van der Waals surface area contributed by atoms with Crippen LogP contribution in [0.3, 0.4) is 0 Å². The first kappa shape index (κ1) is 14.2. The van der Waals surface area contributed by atoms with Crippen molar-refractivity contribution < 1.29 is 0 Å². The fraction of sp³-hybridized carbons (Fsp3) is 0.600. The van der Waals surface area contributed by atoms with E-state index in [1.807, 2.05) is 0 Å². The van der Waals surface area contributed by atoms with Gasteiger partial charge in [0.25, 0.3) is 0 Å². The average Bonchev–Trinajstić information content (AvgIpc) is 2.37. The fourth-order valence-electron chi connectivity index (χ4n) is 2.29. The van der Waals surface area contributed by atoms with Gasteiger partial charge in [-0.3, -0.25) is 0 Å². The van der Waals surface area contributed by atoms with Crippen LogP contribution in [-0.2, 0) is 6.42 Å². The zero-order valence-corrected chi connectivity index (χ0v) is 11.2. The van der Waals surface area contributed by atoms with E-state index in [1.54, 1.807) is 0 Å². The Kier molecular flexibility index (Phi) is 6.90. The summed E-state index contributed by atoms with van der Waals surface area (Å²) in [4.78, 5) is 2.45. The maximum atomic E-state index is 5.64. The van der Waals surface area contributed by atoms with E-state index < -0.39 is 0 Å². The van der Waals surface area contributed by atoms with Gasteiger partial charge in [0.05, 0.1) is 0 Å². The van der Waals surface area contributed by atoms with E-state index in [9.17, 15) is 0 Å². The molecule has 1 aromatic carbocycles. The van der Waals surface area contributed by atoms with E-state index in [0.29, 0.717) is 6.04 Å². The predicted octanol–water partition coefficient (Wildman–Crippen LogP) is 2.68. The van der Waals surface area contributed by atoms with Crippen molar-refractivity contribution in [2.75, 3.05) is 20.1 Å². The molecule has 0 aromatic heterocycles. The van der Waals surface area contributed by atoms with Crippen LogP contribution in [0.4, 0.5) is 0 Å². The standard InChI is InChI=1S/C15H26N2/c1-3-15(11-12-16)17(2)13-7-10-14-8-5-4-6-9-14/h4-6,8-9,15H,3,7,10-13,16H2,1-2H3. The quantitative estimate of drug-likeness (QED) is 0.749.